The molecule has 94 valence electrons. The third kappa shape index (κ3) is 2.03. The van der Waals surface area contributed by atoms with E-state index >= 15 is 0 Å². The van der Waals surface area contributed by atoms with E-state index in [1.165, 1.54) is 0 Å². The van der Waals surface area contributed by atoms with Crippen molar-refractivity contribution in [2.45, 2.75) is 12.0 Å². The van der Waals surface area contributed by atoms with Crippen molar-refractivity contribution in [3.63, 3.8) is 0 Å². The largest absolute Gasteiger partial charge is 0.452 e. The normalized spacial score (nSPS) is 21.4. The van der Waals surface area contributed by atoms with Gasteiger partial charge in [0.2, 0.25) is 5.78 Å². The van der Waals surface area contributed by atoms with E-state index in [-0.39, 0.29) is 11.8 Å². The molecular weight excluding hydrogens is 240 g/mol. The smallest absolute Gasteiger partial charge is 0.318 e. The van der Waals surface area contributed by atoms with Crippen molar-refractivity contribution in [1.82, 2.24) is 0 Å². The highest BCUT2D eigenvalue weighted by Crippen LogP contribution is 2.34. The Kier molecular flexibility index (Phi) is 2.88. The summed E-state index contributed by atoms with van der Waals surface area (Å²) >= 11 is 0. The van der Waals surface area contributed by atoms with Crippen LogP contribution < -0.4 is 0 Å². The van der Waals surface area contributed by atoms with Crippen LogP contribution in [0.5, 0.6) is 0 Å². The Morgan fingerprint density at radius 2 is 1.47 bits per heavy atom. The molecule has 0 unspecified atom stereocenters. The SMILES string of the molecule is O=C(c1ccccc1)[C@H]1OC(=O)[C@@H]1c1ccccc1. The molecule has 0 spiro atoms. The van der Waals surface area contributed by atoms with E-state index in [0.29, 0.717) is 5.56 Å². The van der Waals surface area contributed by atoms with Gasteiger partial charge in [0.15, 0.2) is 6.10 Å². The van der Waals surface area contributed by atoms with Crippen molar-refractivity contribution >= 4 is 11.8 Å². The molecule has 1 aliphatic heterocycles. The second-order valence-electron chi connectivity index (χ2n) is 4.48. The van der Waals surface area contributed by atoms with Crippen molar-refractivity contribution in [1.29, 1.82) is 0 Å². The van der Waals surface area contributed by atoms with Crippen molar-refractivity contribution in [2.75, 3.05) is 0 Å². The molecule has 0 N–H and O–H groups in total. The molecule has 1 heterocycles. The van der Waals surface area contributed by atoms with Crippen LogP contribution in [0.25, 0.3) is 0 Å². The lowest BCUT2D eigenvalue weighted by molar-refractivity contribution is -0.169. The molecule has 0 saturated carbocycles. The summed E-state index contributed by atoms with van der Waals surface area (Å²) < 4.78 is 5.03. The Bertz CT molecular complexity index is 604. The van der Waals surface area contributed by atoms with Crippen LogP contribution in [-0.4, -0.2) is 17.9 Å². The zero-order valence-electron chi connectivity index (χ0n) is 10.2. The highest BCUT2D eigenvalue weighted by molar-refractivity contribution is 6.07. The number of ether oxygens (including phenoxy) is 1. The molecule has 2 atom stereocenters. The van der Waals surface area contributed by atoms with Crippen molar-refractivity contribution in [3.8, 4) is 0 Å². The lowest BCUT2D eigenvalue weighted by Gasteiger charge is -2.34. The van der Waals surface area contributed by atoms with Gasteiger partial charge in [0, 0.05) is 5.56 Å². The summed E-state index contributed by atoms with van der Waals surface area (Å²) in [5.41, 5.74) is 1.40. The molecule has 0 bridgehead atoms. The Morgan fingerprint density at radius 1 is 0.895 bits per heavy atom. The maximum absolute atomic E-state index is 12.3. The highest BCUT2D eigenvalue weighted by atomic mass is 16.6. The third-order valence-electron chi connectivity index (χ3n) is 3.28. The standard InChI is InChI=1S/C16H12O3/c17-14(12-9-5-2-6-10-12)15-13(16(18)19-15)11-7-3-1-4-8-11/h1-10,13,15H/t13-,15+/m1/s1. The van der Waals surface area contributed by atoms with Crippen LogP contribution in [0.15, 0.2) is 60.7 Å². The second kappa shape index (κ2) is 4.69. The first-order valence-electron chi connectivity index (χ1n) is 6.12. The Labute approximate surface area is 110 Å². The average Bonchev–Trinajstić information content (AvgIpc) is 2.46. The zero-order chi connectivity index (χ0) is 13.2. The van der Waals surface area contributed by atoms with Gasteiger partial charge in [-0.2, -0.15) is 0 Å². The molecule has 0 aromatic heterocycles. The quantitative estimate of drug-likeness (QED) is 0.623. The van der Waals surface area contributed by atoms with Gasteiger partial charge in [-0.15, -0.1) is 0 Å². The molecule has 2 aromatic carbocycles. The number of carbonyl (C=O) groups excluding carboxylic acids is 2. The van der Waals surface area contributed by atoms with Crippen LogP contribution in [0.1, 0.15) is 21.8 Å². The molecule has 0 aliphatic carbocycles. The molecule has 1 fully saturated rings. The van der Waals surface area contributed by atoms with Gasteiger partial charge in [-0.3, -0.25) is 9.59 Å². The van der Waals surface area contributed by atoms with Crippen molar-refractivity contribution in [2.24, 2.45) is 0 Å². The van der Waals surface area contributed by atoms with Gasteiger partial charge in [-0.1, -0.05) is 60.7 Å². The predicted molar refractivity (Wildman–Crippen MR) is 69.8 cm³/mol. The number of Topliss-reactive ketones (excluding diaryl/α,β-unsaturated/α-hetero) is 1. The maximum atomic E-state index is 12.3. The van der Waals surface area contributed by atoms with Crippen molar-refractivity contribution < 1.29 is 14.3 Å². The first-order valence-corrected chi connectivity index (χ1v) is 6.12. The average molecular weight is 252 g/mol. The summed E-state index contributed by atoms with van der Waals surface area (Å²) in [4.78, 5) is 23.9. The Hall–Kier alpha value is -2.42. The van der Waals surface area contributed by atoms with Crippen LogP contribution in [0, 0.1) is 0 Å². The van der Waals surface area contributed by atoms with Gasteiger partial charge in [-0.05, 0) is 5.56 Å². The molecule has 1 saturated heterocycles. The van der Waals surface area contributed by atoms with Crippen LogP contribution in [0.3, 0.4) is 0 Å². The third-order valence-corrected chi connectivity index (χ3v) is 3.28. The monoisotopic (exact) mass is 252 g/mol. The van der Waals surface area contributed by atoms with Crippen LogP contribution in [-0.2, 0) is 9.53 Å². The fourth-order valence-electron chi connectivity index (χ4n) is 2.26. The van der Waals surface area contributed by atoms with E-state index in [4.69, 9.17) is 4.74 Å². The lowest BCUT2D eigenvalue weighted by atomic mass is 9.85. The molecule has 3 rings (SSSR count). The van der Waals surface area contributed by atoms with Crippen LogP contribution in [0.2, 0.25) is 0 Å². The number of esters is 1. The molecule has 3 heteroatoms. The van der Waals surface area contributed by atoms with Gasteiger partial charge in [-0.25, -0.2) is 0 Å². The number of carbonyl (C=O) groups is 2. The molecule has 3 nitrogen and oxygen atoms in total. The summed E-state index contributed by atoms with van der Waals surface area (Å²) in [5, 5.41) is 0. The molecule has 19 heavy (non-hydrogen) atoms. The van der Waals surface area contributed by atoms with Gasteiger partial charge < -0.3 is 4.74 Å². The zero-order valence-corrected chi connectivity index (χ0v) is 10.2. The van der Waals surface area contributed by atoms with E-state index in [1.54, 1.807) is 24.3 Å². The molecule has 1 aliphatic rings. The van der Waals surface area contributed by atoms with Gasteiger partial charge >= 0.3 is 5.97 Å². The molecule has 0 amide bonds. The molecule has 2 aromatic rings. The van der Waals surface area contributed by atoms with Gasteiger partial charge in [0.05, 0.1) is 0 Å². The van der Waals surface area contributed by atoms with Crippen LogP contribution in [0.4, 0.5) is 0 Å². The van der Waals surface area contributed by atoms with Gasteiger partial charge in [0.25, 0.3) is 0 Å². The fraction of sp³-hybridized carbons (Fsp3) is 0.125. The number of ketones is 1. The van der Waals surface area contributed by atoms with Gasteiger partial charge in [0.1, 0.15) is 5.92 Å². The number of hydrogen-bond acceptors (Lipinski definition) is 3. The summed E-state index contributed by atoms with van der Waals surface area (Å²) in [5.74, 6) is -0.955. The predicted octanol–water partition coefficient (Wildman–Crippen LogP) is 2.58. The van der Waals surface area contributed by atoms with E-state index in [1.807, 2.05) is 36.4 Å². The fourth-order valence-corrected chi connectivity index (χ4v) is 2.26. The first kappa shape index (κ1) is 11.7. The number of rotatable bonds is 3. The van der Waals surface area contributed by atoms with E-state index in [9.17, 15) is 9.59 Å². The maximum Gasteiger partial charge on any atom is 0.318 e. The Morgan fingerprint density at radius 3 is 2.05 bits per heavy atom. The number of hydrogen-bond donors (Lipinski definition) is 0. The summed E-state index contributed by atoms with van der Waals surface area (Å²) in [7, 11) is 0. The molecule has 0 radical (unpaired) electrons. The van der Waals surface area contributed by atoms with E-state index < -0.39 is 12.0 Å². The summed E-state index contributed by atoms with van der Waals surface area (Å²) in [6.07, 6.45) is -0.697. The Balaban J connectivity index is 1.87. The van der Waals surface area contributed by atoms with E-state index in [0.717, 1.165) is 5.56 Å². The summed E-state index contributed by atoms with van der Waals surface area (Å²) in [6, 6.07) is 18.2. The summed E-state index contributed by atoms with van der Waals surface area (Å²) in [6.45, 7) is 0. The van der Waals surface area contributed by atoms with E-state index in [2.05, 4.69) is 0 Å². The second-order valence-corrected chi connectivity index (χ2v) is 4.48. The minimum atomic E-state index is -0.697. The first-order chi connectivity index (χ1) is 9.27. The van der Waals surface area contributed by atoms with Crippen molar-refractivity contribution in [3.05, 3.63) is 71.8 Å². The van der Waals surface area contributed by atoms with Crippen LogP contribution >= 0.6 is 0 Å². The topological polar surface area (TPSA) is 43.4 Å². The number of benzene rings is 2. The lowest BCUT2D eigenvalue weighted by Crippen LogP contribution is -2.48. The highest BCUT2D eigenvalue weighted by Gasteiger charge is 2.48. The minimum Gasteiger partial charge on any atom is -0.452 e. The number of cyclic esters (lactones) is 1. The molecular formula is C16H12O3. The minimum absolute atomic E-state index is 0.144.